The molecule has 0 spiro atoms. The molecule has 0 radical (unpaired) electrons. The van der Waals surface area contributed by atoms with E-state index in [4.69, 9.17) is 0 Å². The van der Waals surface area contributed by atoms with Crippen molar-refractivity contribution in [2.24, 2.45) is 13.0 Å². The van der Waals surface area contributed by atoms with E-state index in [2.05, 4.69) is 21.9 Å². The number of carbonyl (C=O) groups is 1. The van der Waals surface area contributed by atoms with Crippen molar-refractivity contribution < 1.29 is 4.79 Å². The van der Waals surface area contributed by atoms with Crippen LogP contribution in [0, 0.1) is 5.92 Å². The van der Waals surface area contributed by atoms with Crippen molar-refractivity contribution in [3.63, 3.8) is 0 Å². The summed E-state index contributed by atoms with van der Waals surface area (Å²) in [6, 6.07) is 0. The van der Waals surface area contributed by atoms with Gasteiger partial charge in [-0.15, -0.1) is 0 Å². The van der Waals surface area contributed by atoms with E-state index < -0.39 is 0 Å². The second-order valence-electron chi connectivity index (χ2n) is 6.03. The monoisotopic (exact) mass is 264 g/mol. The summed E-state index contributed by atoms with van der Waals surface area (Å²) < 4.78 is 1.69. The molecule has 106 valence electrons. The first-order valence-electron chi connectivity index (χ1n) is 6.99. The van der Waals surface area contributed by atoms with Crippen LogP contribution in [0.3, 0.4) is 0 Å². The molecule has 1 heterocycles. The van der Waals surface area contributed by atoms with Crippen LogP contribution in [-0.4, -0.2) is 45.1 Å². The van der Waals surface area contributed by atoms with Gasteiger partial charge in [0.15, 0.2) is 5.78 Å². The molecule has 19 heavy (non-hydrogen) atoms. The van der Waals surface area contributed by atoms with E-state index in [1.165, 1.54) is 12.7 Å². The van der Waals surface area contributed by atoms with Crippen molar-refractivity contribution >= 4 is 5.78 Å². The van der Waals surface area contributed by atoms with Crippen molar-refractivity contribution in [2.75, 3.05) is 14.1 Å². The third-order valence-electron chi connectivity index (χ3n) is 4.47. The van der Waals surface area contributed by atoms with E-state index in [-0.39, 0.29) is 11.3 Å². The lowest BCUT2D eigenvalue weighted by molar-refractivity contribution is -0.132. The Morgan fingerprint density at radius 3 is 2.84 bits per heavy atom. The summed E-state index contributed by atoms with van der Waals surface area (Å²) in [5.74, 6) is 1.64. The lowest BCUT2D eigenvalue weighted by Gasteiger charge is -2.43. The zero-order chi connectivity index (χ0) is 14.0. The van der Waals surface area contributed by atoms with Crippen LogP contribution in [0.4, 0.5) is 0 Å². The fourth-order valence-corrected chi connectivity index (χ4v) is 3.22. The molecule has 0 aromatic carbocycles. The Bertz CT molecular complexity index is 454. The van der Waals surface area contributed by atoms with Crippen molar-refractivity contribution in [1.82, 2.24) is 19.7 Å². The van der Waals surface area contributed by atoms with Crippen LogP contribution in [0.15, 0.2) is 6.33 Å². The Hall–Kier alpha value is -1.23. The molecule has 1 aliphatic carbocycles. The second-order valence-corrected chi connectivity index (χ2v) is 6.03. The molecule has 0 bridgehead atoms. The number of hydrogen-bond acceptors (Lipinski definition) is 4. The van der Waals surface area contributed by atoms with Gasteiger partial charge in [-0.2, -0.15) is 5.10 Å². The molecule has 2 rings (SSSR count). The minimum atomic E-state index is -0.316. The zero-order valence-electron chi connectivity index (χ0n) is 12.4. The normalized spacial score (nSPS) is 27.7. The molecule has 0 amide bonds. The maximum absolute atomic E-state index is 12.8. The summed E-state index contributed by atoms with van der Waals surface area (Å²) in [5.41, 5.74) is -0.316. The van der Waals surface area contributed by atoms with Gasteiger partial charge >= 0.3 is 0 Å². The highest BCUT2D eigenvalue weighted by atomic mass is 16.1. The summed E-state index contributed by atoms with van der Waals surface area (Å²) in [4.78, 5) is 19.1. The minimum absolute atomic E-state index is 0.278. The molecule has 2 unspecified atom stereocenters. The molecule has 5 nitrogen and oxygen atoms in total. The fraction of sp³-hybridized carbons (Fsp3) is 0.786. The van der Waals surface area contributed by atoms with Crippen molar-refractivity contribution in [3.05, 3.63) is 12.2 Å². The van der Waals surface area contributed by atoms with Gasteiger partial charge in [0.25, 0.3) is 0 Å². The molecule has 1 aromatic heterocycles. The van der Waals surface area contributed by atoms with Crippen molar-refractivity contribution in [2.45, 2.75) is 44.6 Å². The molecule has 1 saturated carbocycles. The maximum atomic E-state index is 12.8. The first-order valence-corrected chi connectivity index (χ1v) is 6.99. The van der Waals surface area contributed by atoms with Gasteiger partial charge in [-0.05, 0) is 32.9 Å². The van der Waals surface area contributed by atoms with E-state index in [0.29, 0.717) is 12.3 Å². The van der Waals surface area contributed by atoms with Crippen LogP contribution < -0.4 is 0 Å². The summed E-state index contributed by atoms with van der Waals surface area (Å²) in [7, 11) is 5.88. The maximum Gasteiger partial charge on any atom is 0.160 e. The largest absolute Gasteiger partial charge is 0.297 e. The summed E-state index contributed by atoms with van der Waals surface area (Å²) in [6.45, 7) is 2.24. The summed E-state index contributed by atoms with van der Waals surface area (Å²) in [6.07, 6.45) is 6.16. The SMILES string of the molecule is CC1CCCC(C(=O)Cc2ncnn2C)(N(C)C)C1. The Labute approximate surface area is 115 Å². The quantitative estimate of drug-likeness (QED) is 0.825. The van der Waals surface area contributed by atoms with Gasteiger partial charge in [-0.3, -0.25) is 14.4 Å². The van der Waals surface area contributed by atoms with Gasteiger partial charge < -0.3 is 0 Å². The predicted molar refractivity (Wildman–Crippen MR) is 73.8 cm³/mol. The minimum Gasteiger partial charge on any atom is -0.297 e. The lowest BCUT2D eigenvalue weighted by atomic mass is 9.72. The van der Waals surface area contributed by atoms with Crippen LogP contribution in [0.1, 0.15) is 38.4 Å². The number of aryl methyl sites for hydroxylation is 1. The summed E-state index contributed by atoms with van der Waals surface area (Å²) >= 11 is 0. The number of nitrogens with zero attached hydrogens (tertiary/aromatic N) is 4. The van der Waals surface area contributed by atoms with Gasteiger partial charge in [0.1, 0.15) is 12.2 Å². The average Bonchev–Trinajstić information content (AvgIpc) is 2.74. The third-order valence-corrected chi connectivity index (χ3v) is 4.47. The van der Waals surface area contributed by atoms with Crippen molar-refractivity contribution in [1.29, 1.82) is 0 Å². The second kappa shape index (κ2) is 5.41. The lowest BCUT2D eigenvalue weighted by Crippen LogP contribution is -2.54. The first kappa shape index (κ1) is 14.2. The Balaban J connectivity index is 2.19. The molecule has 0 N–H and O–H groups in total. The fourth-order valence-electron chi connectivity index (χ4n) is 3.22. The Morgan fingerprint density at radius 2 is 2.32 bits per heavy atom. The highest BCUT2D eigenvalue weighted by molar-refractivity contribution is 5.89. The van der Waals surface area contributed by atoms with Gasteiger partial charge in [0, 0.05) is 7.05 Å². The standard InChI is InChI=1S/C14H24N4O/c1-11-6-5-7-14(9-11,17(2)3)12(19)8-13-15-10-16-18(13)4/h10-11H,5-9H2,1-4H3. The van der Waals surface area contributed by atoms with E-state index in [1.54, 1.807) is 4.68 Å². The number of ketones is 1. The predicted octanol–water partition coefficient (Wildman–Crippen LogP) is 1.44. The molecule has 1 aliphatic rings. The number of hydrogen-bond donors (Lipinski definition) is 0. The number of likely N-dealkylation sites (N-methyl/N-ethyl adjacent to an activating group) is 1. The van der Waals surface area contributed by atoms with E-state index in [0.717, 1.165) is 25.1 Å². The van der Waals surface area contributed by atoms with Crippen LogP contribution in [0.2, 0.25) is 0 Å². The van der Waals surface area contributed by atoms with Gasteiger partial charge in [0.05, 0.1) is 12.0 Å². The van der Waals surface area contributed by atoms with E-state index in [9.17, 15) is 4.79 Å². The van der Waals surface area contributed by atoms with E-state index in [1.807, 2.05) is 21.1 Å². The van der Waals surface area contributed by atoms with E-state index >= 15 is 0 Å². The number of Topliss-reactive ketones (excluding diaryl/α,β-unsaturated/α-hetero) is 1. The molecule has 1 aromatic rings. The first-order chi connectivity index (χ1) is 8.95. The topological polar surface area (TPSA) is 51.0 Å². The highest BCUT2D eigenvalue weighted by Crippen LogP contribution is 2.36. The Kier molecular flexibility index (Phi) is 4.04. The van der Waals surface area contributed by atoms with Crippen LogP contribution in [0.25, 0.3) is 0 Å². The van der Waals surface area contributed by atoms with Gasteiger partial charge in [0.2, 0.25) is 0 Å². The molecule has 1 fully saturated rings. The molecule has 0 aliphatic heterocycles. The van der Waals surface area contributed by atoms with Gasteiger partial charge in [-0.1, -0.05) is 19.8 Å². The zero-order valence-corrected chi connectivity index (χ0v) is 12.4. The number of rotatable bonds is 4. The Morgan fingerprint density at radius 1 is 1.58 bits per heavy atom. The molecular formula is C14H24N4O. The molecule has 2 atom stereocenters. The highest BCUT2D eigenvalue weighted by Gasteiger charge is 2.43. The molecule has 0 saturated heterocycles. The number of aromatic nitrogens is 3. The third kappa shape index (κ3) is 2.71. The van der Waals surface area contributed by atoms with Crippen LogP contribution in [0.5, 0.6) is 0 Å². The van der Waals surface area contributed by atoms with Crippen LogP contribution >= 0.6 is 0 Å². The van der Waals surface area contributed by atoms with Crippen molar-refractivity contribution in [3.8, 4) is 0 Å². The summed E-state index contributed by atoms with van der Waals surface area (Å²) in [5, 5.41) is 4.04. The number of carbonyl (C=O) groups excluding carboxylic acids is 1. The molecule has 5 heteroatoms. The molecular weight excluding hydrogens is 240 g/mol. The smallest absolute Gasteiger partial charge is 0.160 e. The van der Waals surface area contributed by atoms with Gasteiger partial charge in [-0.25, -0.2) is 4.98 Å². The van der Waals surface area contributed by atoms with Crippen LogP contribution in [-0.2, 0) is 18.3 Å². The average molecular weight is 264 g/mol.